The normalized spacial score (nSPS) is 11.3. The zero-order valence-electron chi connectivity index (χ0n) is 15.5. The summed E-state index contributed by atoms with van der Waals surface area (Å²) in [6, 6.07) is 16.6. The summed E-state index contributed by atoms with van der Waals surface area (Å²) in [4.78, 5) is 3.34. The molecule has 0 saturated heterocycles. The number of hydrogen-bond acceptors (Lipinski definition) is 4. The maximum atomic E-state index is 5.48. The summed E-state index contributed by atoms with van der Waals surface area (Å²) >= 11 is 1.67. The molecule has 0 bridgehead atoms. The molecule has 138 valence electrons. The van der Waals surface area contributed by atoms with Crippen molar-refractivity contribution in [2.45, 2.75) is 19.0 Å². The summed E-state index contributed by atoms with van der Waals surface area (Å²) in [5.41, 5.74) is 4.43. The van der Waals surface area contributed by atoms with Crippen LogP contribution in [0.3, 0.4) is 0 Å². The molecule has 27 heavy (non-hydrogen) atoms. The molecule has 0 aliphatic rings. The van der Waals surface area contributed by atoms with Crippen LogP contribution in [0.2, 0.25) is 0 Å². The molecule has 0 fully saturated rings. The SMILES string of the molecule is CCOCCSc1nnc(-c2c[nH]c3ccccc23)n1-c1ccccc1C. The van der Waals surface area contributed by atoms with E-state index in [0.717, 1.165) is 45.5 Å². The number of benzene rings is 2. The topological polar surface area (TPSA) is 55.7 Å². The Kier molecular flexibility index (Phi) is 5.27. The monoisotopic (exact) mass is 378 g/mol. The van der Waals surface area contributed by atoms with Crippen molar-refractivity contribution in [1.29, 1.82) is 0 Å². The zero-order valence-corrected chi connectivity index (χ0v) is 16.3. The highest BCUT2D eigenvalue weighted by Crippen LogP contribution is 2.33. The van der Waals surface area contributed by atoms with E-state index in [2.05, 4.69) is 63.1 Å². The Balaban J connectivity index is 1.82. The van der Waals surface area contributed by atoms with Crippen molar-refractivity contribution >= 4 is 22.7 Å². The predicted octanol–water partition coefficient (Wildman–Crippen LogP) is 4.85. The number of thioether (sulfide) groups is 1. The Morgan fingerprint density at radius 1 is 1.07 bits per heavy atom. The van der Waals surface area contributed by atoms with Gasteiger partial charge in [-0.05, 0) is 31.5 Å². The molecule has 0 atom stereocenters. The minimum Gasteiger partial charge on any atom is -0.381 e. The van der Waals surface area contributed by atoms with E-state index < -0.39 is 0 Å². The van der Waals surface area contributed by atoms with Crippen LogP contribution in [0.5, 0.6) is 0 Å². The van der Waals surface area contributed by atoms with Crippen molar-refractivity contribution in [3.05, 3.63) is 60.3 Å². The van der Waals surface area contributed by atoms with Crippen LogP contribution in [0.1, 0.15) is 12.5 Å². The third-order valence-corrected chi connectivity index (χ3v) is 5.38. The quantitative estimate of drug-likeness (QED) is 0.369. The van der Waals surface area contributed by atoms with Crippen LogP contribution in [0.15, 0.2) is 59.9 Å². The van der Waals surface area contributed by atoms with E-state index in [1.807, 2.05) is 25.3 Å². The molecule has 2 aromatic carbocycles. The standard InChI is InChI=1S/C21H22N4OS/c1-3-26-12-13-27-21-24-23-20(25(21)19-11-7-4-8-15(19)2)17-14-22-18-10-6-5-9-16(17)18/h4-11,14,22H,3,12-13H2,1-2H3. The molecule has 0 amide bonds. The Bertz CT molecular complexity index is 1050. The number of hydrogen-bond donors (Lipinski definition) is 1. The molecule has 0 aliphatic carbocycles. The lowest BCUT2D eigenvalue weighted by atomic mass is 10.1. The lowest BCUT2D eigenvalue weighted by Crippen LogP contribution is -2.03. The first kappa shape index (κ1) is 17.8. The Labute approximate surface area is 162 Å². The summed E-state index contributed by atoms with van der Waals surface area (Å²) in [5.74, 6) is 1.69. The minimum atomic E-state index is 0.699. The van der Waals surface area contributed by atoms with Gasteiger partial charge in [-0.2, -0.15) is 0 Å². The number of nitrogens with one attached hydrogen (secondary N) is 1. The van der Waals surface area contributed by atoms with Crippen molar-refractivity contribution in [2.24, 2.45) is 0 Å². The van der Waals surface area contributed by atoms with E-state index in [1.54, 1.807) is 11.8 Å². The maximum absolute atomic E-state index is 5.48. The number of ether oxygens (including phenoxy) is 1. The minimum absolute atomic E-state index is 0.699. The maximum Gasteiger partial charge on any atom is 0.196 e. The first-order valence-electron chi connectivity index (χ1n) is 9.08. The predicted molar refractivity (Wildman–Crippen MR) is 111 cm³/mol. The van der Waals surface area contributed by atoms with Crippen molar-refractivity contribution in [1.82, 2.24) is 19.7 Å². The molecule has 0 aliphatic heterocycles. The Morgan fingerprint density at radius 2 is 1.89 bits per heavy atom. The molecule has 2 heterocycles. The largest absolute Gasteiger partial charge is 0.381 e. The smallest absolute Gasteiger partial charge is 0.196 e. The van der Waals surface area contributed by atoms with Crippen LogP contribution < -0.4 is 0 Å². The number of H-pyrrole nitrogens is 1. The molecule has 0 radical (unpaired) electrons. The average molecular weight is 379 g/mol. The van der Waals surface area contributed by atoms with Gasteiger partial charge in [0.2, 0.25) is 0 Å². The van der Waals surface area contributed by atoms with Gasteiger partial charge >= 0.3 is 0 Å². The highest BCUT2D eigenvalue weighted by molar-refractivity contribution is 7.99. The second-order valence-corrected chi connectivity index (χ2v) is 7.28. The van der Waals surface area contributed by atoms with E-state index in [9.17, 15) is 0 Å². The summed E-state index contributed by atoms with van der Waals surface area (Å²) in [5, 5.41) is 11.1. The van der Waals surface area contributed by atoms with Crippen LogP contribution in [0.4, 0.5) is 0 Å². The number of fused-ring (bicyclic) bond motifs is 1. The molecular weight excluding hydrogens is 356 g/mol. The lowest BCUT2D eigenvalue weighted by Gasteiger charge is -2.12. The van der Waals surface area contributed by atoms with E-state index in [4.69, 9.17) is 4.74 Å². The second-order valence-electron chi connectivity index (χ2n) is 6.22. The van der Waals surface area contributed by atoms with Gasteiger partial charge in [0.15, 0.2) is 11.0 Å². The van der Waals surface area contributed by atoms with Crippen LogP contribution in [-0.4, -0.2) is 38.7 Å². The van der Waals surface area contributed by atoms with Gasteiger partial charge < -0.3 is 9.72 Å². The van der Waals surface area contributed by atoms with Gasteiger partial charge in [-0.15, -0.1) is 10.2 Å². The average Bonchev–Trinajstić information content (AvgIpc) is 3.29. The summed E-state index contributed by atoms with van der Waals surface area (Å²) in [7, 11) is 0. The number of aromatic nitrogens is 4. The zero-order chi connectivity index (χ0) is 18.6. The van der Waals surface area contributed by atoms with Gasteiger partial charge in [0, 0.05) is 35.0 Å². The van der Waals surface area contributed by atoms with Crippen molar-refractivity contribution in [2.75, 3.05) is 19.0 Å². The summed E-state index contributed by atoms with van der Waals surface area (Å²) < 4.78 is 7.63. The van der Waals surface area contributed by atoms with Gasteiger partial charge in [-0.3, -0.25) is 4.57 Å². The molecule has 2 aromatic heterocycles. The van der Waals surface area contributed by atoms with Crippen LogP contribution in [0.25, 0.3) is 28.0 Å². The number of nitrogens with zero attached hydrogens (tertiary/aromatic N) is 3. The summed E-state index contributed by atoms with van der Waals surface area (Å²) in [6.45, 7) is 5.55. The molecule has 0 saturated carbocycles. The van der Waals surface area contributed by atoms with Crippen molar-refractivity contribution in [3.8, 4) is 17.1 Å². The van der Waals surface area contributed by atoms with Gasteiger partial charge in [0.25, 0.3) is 0 Å². The third-order valence-electron chi connectivity index (χ3n) is 4.48. The van der Waals surface area contributed by atoms with Crippen LogP contribution >= 0.6 is 11.8 Å². The Hall–Kier alpha value is -2.57. The molecular formula is C21H22N4OS. The number of aromatic amines is 1. The van der Waals surface area contributed by atoms with Gasteiger partial charge in [0.05, 0.1) is 12.3 Å². The van der Waals surface area contributed by atoms with Gasteiger partial charge in [-0.1, -0.05) is 48.2 Å². The fourth-order valence-corrected chi connectivity index (χ4v) is 3.96. The molecule has 1 N–H and O–H groups in total. The van der Waals surface area contributed by atoms with Crippen molar-refractivity contribution < 1.29 is 4.74 Å². The van der Waals surface area contributed by atoms with E-state index in [-0.39, 0.29) is 0 Å². The van der Waals surface area contributed by atoms with Gasteiger partial charge in [0.1, 0.15) is 0 Å². The van der Waals surface area contributed by atoms with E-state index >= 15 is 0 Å². The van der Waals surface area contributed by atoms with Crippen LogP contribution in [-0.2, 0) is 4.74 Å². The number of aryl methyl sites for hydroxylation is 1. The van der Waals surface area contributed by atoms with E-state index in [0.29, 0.717) is 6.61 Å². The fraction of sp³-hybridized carbons (Fsp3) is 0.238. The molecule has 4 aromatic rings. The van der Waals surface area contributed by atoms with Gasteiger partial charge in [-0.25, -0.2) is 0 Å². The number of rotatable bonds is 7. The van der Waals surface area contributed by atoms with Crippen LogP contribution in [0, 0.1) is 6.92 Å². The number of para-hydroxylation sites is 2. The Morgan fingerprint density at radius 3 is 2.74 bits per heavy atom. The molecule has 4 rings (SSSR count). The highest BCUT2D eigenvalue weighted by Gasteiger charge is 2.19. The summed E-state index contributed by atoms with van der Waals surface area (Å²) in [6.07, 6.45) is 2.01. The van der Waals surface area contributed by atoms with E-state index in [1.165, 1.54) is 5.56 Å². The lowest BCUT2D eigenvalue weighted by molar-refractivity contribution is 0.164. The molecule has 0 spiro atoms. The fourth-order valence-electron chi connectivity index (χ4n) is 3.16. The first-order chi connectivity index (χ1) is 13.3. The molecule has 0 unspecified atom stereocenters. The third kappa shape index (κ3) is 3.50. The van der Waals surface area contributed by atoms with Crippen molar-refractivity contribution in [3.63, 3.8) is 0 Å². The molecule has 6 heteroatoms. The molecule has 5 nitrogen and oxygen atoms in total. The highest BCUT2D eigenvalue weighted by atomic mass is 32.2. The first-order valence-corrected chi connectivity index (χ1v) is 10.1. The second kappa shape index (κ2) is 7.98.